The Bertz CT molecular complexity index is 569. The molecule has 5 heteroatoms. The zero-order valence-corrected chi connectivity index (χ0v) is 12.5. The normalized spacial score (nSPS) is 12.3. The molecule has 0 aromatic carbocycles. The number of nitrogen functional groups attached to an aromatic ring is 1. The molecular weight excluding hydrogens is 272 g/mol. The maximum Gasteiger partial charge on any atom is 0.128 e. The van der Waals surface area contributed by atoms with Gasteiger partial charge >= 0.3 is 0 Å². The molecule has 0 amide bonds. The van der Waals surface area contributed by atoms with Crippen molar-refractivity contribution in [3.05, 3.63) is 52.4 Å². The molecule has 0 fully saturated rings. The van der Waals surface area contributed by atoms with E-state index in [4.69, 9.17) is 17.3 Å². The van der Waals surface area contributed by atoms with E-state index in [1.54, 1.807) is 12.4 Å². The Morgan fingerprint density at radius 3 is 2.75 bits per heavy atom. The fraction of sp³-hybridized carbons (Fsp3) is 0.333. The average molecular weight is 291 g/mol. The van der Waals surface area contributed by atoms with E-state index < -0.39 is 0 Å². The Morgan fingerprint density at radius 2 is 2.10 bits per heavy atom. The standard InChI is InChI=1S/C15H19ClN4/c1-3-6-18-14(13-5-4-11(16)9-19-13)12-7-10(2)8-20-15(12)17/h4-5,7-9,14,18H,3,6H2,1-2H3,(H2,17,20). The minimum atomic E-state index is -0.0698. The first kappa shape index (κ1) is 14.8. The topological polar surface area (TPSA) is 63.8 Å². The second-order valence-electron chi connectivity index (χ2n) is 4.78. The van der Waals surface area contributed by atoms with E-state index in [-0.39, 0.29) is 6.04 Å². The molecule has 4 nitrogen and oxygen atoms in total. The van der Waals surface area contributed by atoms with Crippen molar-refractivity contribution in [2.24, 2.45) is 0 Å². The van der Waals surface area contributed by atoms with Crippen LogP contribution in [0.25, 0.3) is 0 Å². The highest BCUT2D eigenvalue weighted by atomic mass is 35.5. The lowest BCUT2D eigenvalue weighted by Gasteiger charge is -2.20. The molecule has 2 rings (SSSR count). The van der Waals surface area contributed by atoms with Crippen LogP contribution in [0.2, 0.25) is 5.02 Å². The van der Waals surface area contributed by atoms with Gasteiger partial charge in [-0.25, -0.2) is 4.98 Å². The molecule has 3 N–H and O–H groups in total. The number of nitrogens with two attached hydrogens (primary N) is 1. The van der Waals surface area contributed by atoms with Crippen molar-refractivity contribution in [1.29, 1.82) is 0 Å². The van der Waals surface area contributed by atoms with Crippen molar-refractivity contribution in [3.63, 3.8) is 0 Å². The van der Waals surface area contributed by atoms with E-state index in [1.165, 1.54) is 0 Å². The lowest BCUT2D eigenvalue weighted by Crippen LogP contribution is -2.25. The lowest BCUT2D eigenvalue weighted by molar-refractivity contribution is 0.586. The molecule has 0 aliphatic heterocycles. The summed E-state index contributed by atoms with van der Waals surface area (Å²) >= 11 is 5.90. The van der Waals surface area contributed by atoms with Crippen LogP contribution in [0.5, 0.6) is 0 Å². The highest BCUT2D eigenvalue weighted by Gasteiger charge is 2.18. The maximum atomic E-state index is 6.02. The molecule has 0 aliphatic carbocycles. The van der Waals surface area contributed by atoms with E-state index in [1.807, 2.05) is 25.1 Å². The first-order chi connectivity index (χ1) is 9.61. The quantitative estimate of drug-likeness (QED) is 0.888. The summed E-state index contributed by atoms with van der Waals surface area (Å²) in [6, 6.07) is 5.73. The third kappa shape index (κ3) is 3.46. The lowest BCUT2D eigenvalue weighted by atomic mass is 10.0. The molecule has 2 heterocycles. The molecule has 0 aliphatic rings. The number of rotatable bonds is 5. The third-order valence-corrected chi connectivity index (χ3v) is 3.27. The highest BCUT2D eigenvalue weighted by molar-refractivity contribution is 6.30. The number of anilines is 1. The summed E-state index contributed by atoms with van der Waals surface area (Å²) < 4.78 is 0. The van der Waals surface area contributed by atoms with Crippen molar-refractivity contribution < 1.29 is 0 Å². The van der Waals surface area contributed by atoms with Gasteiger partial charge in [0.1, 0.15) is 5.82 Å². The first-order valence-corrected chi connectivity index (χ1v) is 7.06. The molecule has 2 aromatic heterocycles. The number of aromatic nitrogens is 2. The van der Waals surface area contributed by atoms with Gasteiger partial charge in [-0.1, -0.05) is 18.5 Å². The summed E-state index contributed by atoms with van der Waals surface area (Å²) in [5, 5.41) is 4.09. The van der Waals surface area contributed by atoms with Crippen LogP contribution < -0.4 is 11.1 Å². The second-order valence-corrected chi connectivity index (χ2v) is 5.21. The molecule has 0 saturated carbocycles. The van der Waals surface area contributed by atoms with Crippen LogP contribution in [0.3, 0.4) is 0 Å². The molecule has 1 unspecified atom stereocenters. The molecule has 0 saturated heterocycles. The number of halogens is 1. The van der Waals surface area contributed by atoms with Gasteiger partial charge in [0.2, 0.25) is 0 Å². The Labute approximate surface area is 124 Å². The predicted octanol–water partition coefficient (Wildman–Crippen LogP) is 3.11. The van der Waals surface area contributed by atoms with Crippen LogP contribution in [-0.4, -0.2) is 16.5 Å². The number of aryl methyl sites for hydroxylation is 1. The summed E-state index contributed by atoms with van der Waals surface area (Å²) in [4.78, 5) is 8.64. The van der Waals surface area contributed by atoms with Crippen LogP contribution in [0.4, 0.5) is 5.82 Å². The summed E-state index contributed by atoms with van der Waals surface area (Å²) in [5.74, 6) is 0.529. The average Bonchev–Trinajstić information content (AvgIpc) is 2.44. The van der Waals surface area contributed by atoms with Crippen molar-refractivity contribution in [3.8, 4) is 0 Å². The van der Waals surface area contributed by atoms with Gasteiger partial charge in [0.05, 0.1) is 16.8 Å². The molecule has 2 aromatic rings. The number of nitrogens with one attached hydrogen (secondary N) is 1. The smallest absolute Gasteiger partial charge is 0.128 e. The largest absolute Gasteiger partial charge is 0.383 e. The minimum Gasteiger partial charge on any atom is -0.383 e. The molecule has 20 heavy (non-hydrogen) atoms. The van der Waals surface area contributed by atoms with Gasteiger partial charge in [0.25, 0.3) is 0 Å². The van der Waals surface area contributed by atoms with Gasteiger partial charge in [-0.3, -0.25) is 4.98 Å². The van der Waals surface area contributed by atoms with E-state index in [2.05, 4.69) is 22.2 Å². The molecule has 1 atom stereocenters. The van der Waals surface area contributed by atoms with E-state index in [9.17, 15) is 0 Å². The first-order valence-electron chi connectivity index (χ1n) is 6.68. The zero-order chi connectivity index (χ0) is 14.5. The highest BCUT2D eigenvalue weighted by Crippen LogP contribution is 2.25. The fourth-order valence-corrected chi connectivity index (χ4v) is 2.17. The summed E-state index contributed by atoms with van der Waals surface area (Å²) in [7, 11) is 0. The van der Waals surface area contributed by atoms with Crippen LogP contribution in [0.1, 0.15) is 36.2 Å². The van der Waals surface area contributed by atoms with Gasteiger partial charge in [-0.05, 0) is 43.7 Å². The maximum absolute atomic E-state index is 6.02. The third-order valence-electron chi connectivity index (χ3n) is 3.04. The van der Waals surface area contributed by atoms with E-state index >= 15 is 0 Å². The number of pyridine rings is 2. The van der Waals surface area contributed by atoms with E-state index in [0.717, 1.165) is 29.8 Å². The van der Waals surface area contributed by atoms with Crippen LogP contribution in [-0.2, 0) is 0 Å². The van der Waals surface area contributed by atoms with Gasteiger partial charge < -0.3 is 11.1 Å². The SMILES string of the molecule is CCCNC(c1ccc(Cl)cn1)c1cc(C)cnc1N. The summed E-state index contributed by atoms with van der Waals surface area (Å²) in [6.45, 7) is 5.00. The molecule has 0 radical (unpaired) electrons. The Hall–Kier alpha value is -1.65. The number of hydrogen-bond acceptors (Lipinski definition) is 4. The van der Waals surface area contributed by atoms with E-state index in [0.29, 0.717) is 10.8 Å². The monoisotopic (exact) mass is 290 g/mol. The number of hydrogen-bond donors (Lipinski definition) is 2. The van der Waals surface area contributed by atoms with Gasteiger partial charge in [-0.2, -0.15) is 0 Å². The Morgan fingerprint density at radius 1 is 1.30 bits per heavy atom. The van der Waals surface area contributed by atoms with Crippen LogP contribution >= 0.6 is 11.6 Å². The van der Waals surface area contributed by atoms with Gasteiger partial charge in [-0.15, -0.1) is 0 Å². The second kappa shape index (κ2) is 6.68. The zero-order valence-electron chi connectivity index (χ0n) is 11.7. The minimum absolute atomic E-state index is 0.0698. The summed E-state index contributed by atoms with van der Waals surface area (Å²) in [5.41, 5.74) is 8.94. The fourth-order valence-electron chi connectivity index (χ4n) is 2.05. The predicted molar refractivity (Wildman–Crippen MR) is 82.8 cm³/mol. The van der Waals surface area contributed by atoms with Crippen LogP contribution in [0.15, 0.2) is 30.6 Å². The van der Waals surface area contributed by atoms with Gasteiger partial charge in [0.15, 0.2) is 0 Å². The molecule has 0 spiro atoms. The number of nitrogens with zero attached hydrogens (tertiary/aromatic N) is 2. The van der Waals surface area contributed by atoms with Crippen molar-refractivity contribution >= 4 is 17.4 Å². The molecule has 0 bridgehead atoms. The van der Waals surface area contributed by atoms with Crippen molar-refractivity contribution in [1.82, 2.24) is 15.3 Å². The van der Waals surface area contributed by atoms with Gasteiger partial charge in [0, 0.05) is 18.0 Å². The van der Waals surface area contributed by atoms with Crippen molar-refractivity contribution in [2.45, 2.75) is 26.3 Å². The van der Waals surface area contributed by atoms with Crippen molar-refractivity contribution in [2.75, 3.05) is 12.3 Å². The summed E-state index contributed by atoms with van der Waals surface area (Å²) in [6.07, 6.45) is 4.45. The molecular formula is C15H19ClN4. The molecule has 106 valence electrons. The Kier molecular flexibility index (Phi) is 4.93. The Balaban J connectivity index is 2.41. The van der Waals surface area contributed by atoms with Crippen LogP contribution in [0, 0.1) is 6.92 Å².